The largest absolute Gasteiger partial charge is 0.488 e. The molecule has 1 aliphatic heterocycles. The summed E-state index contributed by atoms with van der Waals surface area (Å²) >= 11 is 0. The number of carbonyl (C=O) groups is 1. The van der Waals surface area contributed by atoms with E-state index >= 15 is 0 Å². The van der Waals surface area contributed by atoms with E-state index in [1.54, 1.807) is 34.7 Å². The molecule has 0 bridgehead atoms. The molecule has 0 saturated heterocycles. The van der Waals surface area contributed by atoms with Crippen molar-refractivity contribution in [2.75, 3.05) is 31.5 Å². The minimum absolute atomic E-state index is 0.00842. The summed E-state index contributed by atoms with van der Waals surface area (Å²) in [5, 5.41) is 9.84. The standard InChI is InChI=1S/C34H41N5O6S/c1-24-18-39(25(2)22-40)34(41)17-27-16-28(36-46(42,43)33-21-38(4)23-35-33)12-15-31(27)45-32(24)20-37(3)19-26-10-13-30(14-11-26)44-29-8-6-5-7-9-29/h5-16,21,23-25,32,36,40H,17-20,22H2,1-4H3/t24-,25-,32-/m1/s1. The number of aliphatic hydroxyl groups excluding tert-OH is 1. The number of nitrogens with one attached hydrogen (secondary N) is 1. The second-order valence-electron chi connectivity index (χ2n) is 11.9. The number of aromatic nitrogens is 2. The zero-order valence-electron chi connectivity index (χ0n) is 26.5. The van der Waals surface area contributed by atoms with E-state index in [9.17, 15) is 18.3 Å². The van der Waals surface area contributed by atoms with Gasteiger partial charge in [-0.05, 0) is 62.0 Å². The summed E-state index contributed by atoms with van der Waals surface area (Å²) in [6.45, 7) is 5.30. The molecule has 11 nitrogen and oxygen atoms in total. The number of rotatable bonds is 11. The highest BCUT2D eigenvalue weighted by Gasteiger charge is 2.31. The average molecular weight is 648 g/mol. The molecule has 2 N–H and O–H groups in total. The van der Waals surface area contributed by atoms with Crippen molar-refractivity contribution < 1.29 is 27.8 Å². The molecule has 5 rings (SSSR count). The van der Waals surface area contributed by atoms with Gasteiger partial charge in [0, 0.05) is 50.0 Å². The van der Waals surface area contributed by atoms with Crippen molar-refractivity contribution in [3.63, 3.8) is 0 Å². The van der Waals surface area contributed by atoms with Crippen LogP contribution in [-0.4, -0.2) is 77.7 Å². The Morgan fingerprint density at radius 3 is 2.50 bits per heavy atom. The molecule has 244 valence electrons. The highest BCUT2D eigenvalue weighted by Crippen LogP contribution is 2.30. The summed E-state index contributed by atoms with van der Waals surface area (Å²) in [6, 6.07) is 22.2. The minimum Gasteiger partial charge on any atom is -0.488 e. The maximum absolute atomic E-state index is 13.5. The molecule has 0 unspecified atom stereocenters. The first-order valence-electron chi connectivity index (χ1n) is 15.2. The molecule has 0 fully saturated rings. The van der Waals surface area contributed by atoms with E-state index in [4.69, 9.17) is 9.47 Å². The summed E-state index contributed by atoms with van der Waals surface area (Å²) in [4.78, 5) is 21.4. The Labute approximate surface area is 270 Å². The van der Waals surface area contributed by atoms with Crippen LogP contribution in [0.1, 0.15) is 25.0 Å². The van der Waals surface area contributed by atoms with Gasteiger partial charge in [-0.25, -0.2) is 4.98 Å². The number of aryl methyl sites for hydroxylation is 1. The molecule has 3 atom stereocenters. The van der Waals surface area contributed by atoms with Gasteiger partial charge in [0.1, 0.15) is 23.4 Å². The van der Waals surface area contributed by atoms with Gasteiger partial charge >= 0.3 is 0 Å². The van der Waals surface area contributed by atoms with E-state index in [0.717, 1.165) is 17.1 Å². The van der Waals surface area contributed by atoms with Gasteiger partial charge in [-0.15, -0.1) is 0 Å². The smallest absolute Gasteiger partial charge is 0.280 e. The Hall–Kier alpha value is -4.39. The first kappa shape index (κ1) is 33.0. The van der Waals surface area contributed by atoms with E-state index < -0.39 is 16.1 Å². The number of aliphatic hydroxyl groups is 1. The highest BCUT2D eigenvalue weighted by atomic mass is 32.2. The lowest BCUT2D eigenvalue weighted by Crippen LogP contribution is -2.47. The number of ether oxygens (including phenoxy) is 2. The van der Waals surface area contributed by atoms with Gasteiger partial charge in [-0.3, -0.25) is 14.4 Å². The number of sulfonamides is 1. The number of benzene rings is 3. The molecule has 0 spiro atoms. The number of carbonyl (C=O) groups excluding carboxylic acids is 1. The van der Waals surface area contributed by atoms with Crippen molar-refractivity contribution in [2.45, 2.75) is 44.0 Å². The summed E-state index contributed by atoms with van der Waals surface area (Å²) in [5.74, 6) is 1.80. The van der Waals surface area contributed by atoms with Gasteiger partial charge < -0.3 is 24.0 Å². The van der Waals surface area contributed by atoms with Crippen molar-refractivity contribution in [1.29, 1.82) is 0 Å². The maximum atomic E-state index is 13.5. The number of anilines is 1. The van der Waals surface area contributed by atoms with E-state index in [-0.39, 0.29) is 36.0 Å². The number of likely N-dealkylation sites (N-methyl/N-ethyl adjacent to an activating group) is 1. The van der Waals surface area contributed by atoms with Crippen LogP contribution in [0.4, 0.5) is 5.69 Å². The number of nitrogens with zero attached hydrogens (tertiary/aromatic N) is 4. The first-order chi connectivity index (χ1) is 22.0. The van der Waals surface area contributed by atoms with Crippen LogP contribution < -0.4 is 14.2 Å². The molecular weight excluding hydrogens is 606 g/mol. The zero-order valence-corrected chi connectivity index (χ0v) is 27.4. The Morgan fingerprint density at radius 2 is 1.83 bits per heavy atom. The van der Waals surface area contributed by atoms with Crippen LogP contribution in [0.15, 0.2) is 90.3 Å². The lowest BCUT2D eigenvalue weighted by atomic mass is 10.0. The molecule has 4 aromatic rings. The molecule has 2 heterocycles. The Morgan fingerprint density at radius 1 is 1.11 bits per heavy atom. The molecule has 12 heteroatoms. The van der Waals surface area contributed by atoms with E-state index in [1.165, 1.54) is 12.5 Å². The van der Waals surface area contributed by atoms with Crippen molar-refractivity contribution in [1.82, 2.24) is 19.4 Å². The van der Waals surface area contributed by atoms with Gasteiger partial charge in [0.05, 0.1) is 25.4 Å². The quantitative estimate of drug-likeness (QED) is 0.247. The summed E-state index contributed by atoms with van der Waals surface area (Å²) in [5.41, 5.74) is 1.95. The number of fused-ring (bicyclic) bond motifs is 1. The van der Waals surface area contributed by atoms with Crippen LogP contribution in [0.3, 0.4) is 0 Å². The van der Waals surface area contributed by atoms with Crippen LogP contribution in [0.5, 0.6) is 17.2 Å². The van der Waals surface area contributed by atoms with Crippen LogP contribution in [0.25, 0.3) is 0 Å². The highest BCUT2D eigenvalue weighted by molar-refractivity contribution is 7.92. The minimum atomic E-state index is -3.93. The van der Waals surface area contributed by atoms with Crippen molar-refractivity contribution in [3.8, 4) is 17.2 Å². The monoisotopic (exact) mass is 647 g/mol. The number of imidazole rings is 1. The third-order valence-corrected chi connectivity index (χ3v) is 9.24. The lowest BCUT2D eigenvalue weighted by molar-refractivity contribution is -0.134. The SMILES string of the molecule is C[C@@H]1CN([C@H](C)CO)C(=O)Cc2cc(NS(=O)(=O)c3cn(C)cn3)ccc2O[C@@H]1CN(C)Cc1ccc(Oc2ccccc2)cc1. The van der Waals surface area contributed by atoms with Gasteiger partial charge in [-0.2, -0.15) is 8.42 Å². The van der Waals surface area contributed by atoms with Gasteiger partial charge in [-0.1, -0.05) is 37.3 Å². The number of hydrogen-bond donors (Lipinski definition) is 2. The van der Waals surface area contributed by atoms with Crippen LogP contribution in [0.2, 0.25) is 0 Å². The van der Waals surface area contributed by atoms with Gasteiger partial charge in [0.15, 0.2) is 5.03 Å². The third kappa shape index (κ3) is 8.25. The molecule has 0 saturated carbocycles. The Bertz CT molecular complexity index is 1730. The number of para-hydroxylation sites is 1. The van der Waals surface area contributed by atoms with E-state index in [1.807, 2.05) is 75.5 Å². The Balaban J connectivity index is 1.34. The first-order valence-corrected chi connectivity index (χ1v) is 16.7. The van der Waals surface area contributed by atoms with Gasteiger partial charge in [0.2, 0.25) is 5.91 Å². The predicted molar refractivity (Wildman–Crippen MR) is 175 cm³/mol. The number of hydrogen-bond acceptors (Lipinski definition) is 8. The van der Waals surface area contributed by atoms with E-state index in [2.05, 4.69) is 14.6 Å². The average Bonchev–Trinajstić information content (AvgIpc) is 3.49. The molecule has 46 heavy (non-hydrogen) atoms. The van der Waals surface area contributed by atoms with Crippen molar-refractivity contribution >= 4 is 21.6 Å². The summed E-state index contributed by atoms with van der Waals surface area (Å²) in [7, 11) is -0.224. The molecule has 0 aliphatic carbocycles. The third-order valence-electron chi connectivity index (χ3n) is 7.97. The second-order valence-corrected chi connectivity index (χ2v) is 13.6. The molecule has 0 radical (unpaired) electrons. The molecule has 3 aromatic carbocycles. The molecule has 1 aromatic heterocycles. The molecule has 1 aliphatic rings. The van der Waals surface area contributed by atoms with E-state index in [0.29, 0.717) is 36.6 Å². The fraction of sp³-hybridized carbons (Fsp3) is 0.353. The Kier molecular flexibility index (Phi) is 10.3. The lowest BCUT2D eigenvalue weighted by Gasteiger charge is -2.34. The van der Waals surface area contributed by atoms with Crippen LogP contribution >= 0.6 is 0 Å². The molecule has 1 amide bonds. The fourth-order valence-corrected chi connectivity index (χ4v) is 6.45. The molecular formula is C34H41N5O6S. The summed E-state index contributed by atoms with van der Waals surface area (Å²) < 4.78 is 42.5. The normalized spacial score (nSPS) is 17.8. The second kappa shape index (κ2) is 14.4. The number of amides is 1. The van der Waals surface area contributed by atoms with Gasteiger partial charge in [0.25, 0.3) is 10.0 Å². The van der Waals surface area contributed by atoms with Crippen molar-refractivity contribution in [3.05, 3.63) is 96.4 Å². The van der Waals surface area contributed by atoms with Crippen LogP contribution in [0, 0.1) is 5.92 Å². The van der Waals surface area contributed by atoms with Crippen LogP contribution in [-0.2, 0) is 34.8 Å². The predicted octanol–water partition coefficient (Wildman–Crippen LogP) is 4.29. The fourth-order valence-electron chi connectivity index (χ4n) is 5.42. The summed E-state index contributed by atoms with van der Waals surface area (Å²) in [6.07, 6.45) is 2.51. The zero-order chi connectivity index (χ0) is 32.8. The topological polar surface area (TPSA) is 126 Å². The van der Waals surface area contributed by atoms with Crippen molar-refractivity contribution in [2.24, 2.45) is 13.0 Å². The maximum Gasteiger partial charge on any atom is 0.280 e.